The first-order valence-electron chi connectivity index (χ1n) is 5.89. The van der Waals surface area contributed by atoms with Crippen molar-refractivity contribution < 1.29 is 9.53 Å². The van der Waals surface area contributed by atoms with Gasteiger partial charge in [0, 0.05) is 18.8 Å². The van der Waals surface area contributed by atoms with Crippen molar-refractivity contribution in [3.05, 3.63) is 30.1 Å². The van der Waals surface area contributed by atoms with Gasteiger partial charge in [-0.2, -0.15) is 0 Å². The van der Waals surface area contributed by atoms with Crippen molar-refractivity contribution >= 4 is 5.97 Å². The molecule has 0 aliphatic heterocycles. The summed E-state index contributed by atoms with van der Waals surface area (Å²) in [6, 6.07) is 5.99. The van der Waals surface area contributed by atoms with Gasteiger partial charge in [0.15, 0.2) is 0 Å². The first-order chi connectivity index (χ1) is 8.13. The van der Waals surface area contributed by atoms with E-state index in [1.807, 2.05) is 39.1 Å². The Morgan fingerprint density at radius 3 is 2.88 bits per heavy atom. The minimum absolute atomic E-state index is 0.145. The lowest BCUT2D eigenvalue weighted by atomic mass is 10.2. The molecule has 0 radical (unpaired) electrons. The lowest BCUT2D eigenvalue weighted by Crippen LogP contribution is -2.31. The van der Waals surface area contributed by atoms with Crippen molar-refractivity contribution in [2.45, 2.75) is 32.9 Å². The predicted molar refractivity (Wildman–Crippen MR) is 66.4 cm³/mol. The predicted octanol–water partition coefficient (Wildman–Crippen LogP) is 1.86. The average molecular weight is 236 g/mol. The van der Waals surface area contributed by atoms with Gasteiger partial charge in [0.25, 0.3) is 0 Å². The lowest BCUT2D eigenvalue weighted by Gasteiger charge is -2.23. The Bertz CT molecular complexity index is 341. The van der Waals surface area contributed by atoms with Crippen LogP contribution in [0.4, 0.5) is 0 Å². The molecule has 0 bridgehead atoms. The van der Waals surface area contributed by atoms with E-state index in [9.17, 15) is 4.79 Å². The normalized spacial score (nSPS) is 12.5. The standard InChI is InChI=1S/C13H20N2O2/c1-4-17-13(16)9-11(2)15(3)10-12-7-5-6-8-14-12/h5-8,11H,4,9-10H2,1-3H3. The lowest BCUT2D eigenvalue weighted by molar-refractivity contribution is -0.144. The van der Waals surface area contributed by atoms with Crippen LogP contribution in [0.2, 0.25) is 0 Å². The van der Waals surface area contributed by atoms with Crippen LogP contribution < -0.4 is 0 Å². The molecule has 1 rings (SSSR count). The zero-order valence-corrected chi connectivity index (χ0v) is 10.7. The Morgan fingerprint density at radius 1 is 1.53 bits per heavy atom. The smallest absolute Gasteiger partial charge is 0.307 e. The number of rotatable bonds is 6. The fraction of sp³-hybridized carbons (Fsp3) is 0.538. The van der Waals surface area contributed by atoms with E-state index in [4.69, 9.17) is 4.74 Å². The molecule has 0 saturated heterocycles. The molecule has 0 saturated carbocycles. The molecule has 1 aromatic heterocycles. The third kappa shape index (κ3) is 4.95. The third-order valence-electron chi connectivity index (χ3n) is 2.66. The van der Waals surface area contributed by atoms with Crippen molar-refractivity contribution in [2.24, 2.45) is 0 Å². The number of hydrogen-bond acceptors (Lipinski definition) is 4. The second kappa shape index (κ2) is 7.01. The average Bonchev–Trinajstić information content (AvgIpc) is 2.30. The minimum atomic E-state index is -0.145. The first kappa shape index (κ1) is 13.6. The zero-order valence-electron chi connectivity index (χ0n) is 10.7. The summed E-state index contributed by atoms with van der Waals surface area (Å²) in [7, 11) is 1.98. The van der Waals surface area contributed by atoms with Crippen LogP contribution in [-0.2, 0) is 16.1 Å². The number of carbonyl (C=O) groups is 1. The molecule has 1 aromatic rings. The van der Waals surface area contributed by atoms with Crippen molar-refractivity contribution in [2.75, 3.05) is 13.7 Å². The third-order valence-corrected chi connectivity index (χ3v) is 2.66. The summed E-state index contributed by atoms with van der Waals surface area (Å²) in [5.74, 6) is -0.145. The SMILES string of the molecule is CCOC(=O)CC(C)N(C)Cc1ccccn1. The number of esters is 1. The Morgan fingerprint density at radius 2 is 2.29 bits per heavy atom. The van der Waals surface area contributed by atoms with Gasteiger partial charge in [0.1, 0.15) is 0 Å². The van der Waals surface area contributed by atoms with E-state index in [0.29, 0.717) is 13.0 Å². The van der Waals surface area contributed by atoms with Gasteiger partial charge in [-0.3, -0.25) is 14.7 Å². The Balaban J connectivity index is 2.42. The molecule has 0 aromatic carbocycles. The van der Waals surface area contributed by atoms with Gasteiger partial charge in [-0.05, 0) is 33.0 Å². The van der Waals surface area contributed by atoms with Gasteiger partial charge in [-0.15, -0.1) is 0 Å². The van der Waals surface area contributed by atoms with Crippen LogP contribution in [0, 0.1) is 0 Å². The molecule has 0 fully saturated rings. The summed E-state index contributed by atoms with van der Waals surface area (Å²) in [5.41, 5.74) is 1.01. The highest BCUT2D eigenvalue weighted by Crippen LogP contribution is 2.07. The van der Waals surface area contributed by atoms with Crippen LogP contribution in [0.25, 0.3) is 0 Å². The monoisotopic (exact) mass is 236 g/mol. The highest BCUT2D eigenvalue weighted by atomic mass is 16.5. The maximum Gasteiger partial charge on any atom is 0.307 e. The van der Waals surface area contributed by atoms with Crippen molar-refractivity contribution in [3.8, 4) is 0 Å². The summed E-state index contributed by atoms with van der Waals surface area (Å²) < 4.78 is 4.93. The zero-order chi connectivity index (χ0) is 12.7. The molecule has 4 heteroatoms. The van der Waals surface area contributed by atoms with Gasteiger partial charge in [0.05, 0.1) is 18.7 Å². The van der Waals surface area contributed by atoms with Gasteiger partial charge in [0.2, 0.25) is 0 Å². The van der Waals surface area contributed by atoms with Crippen molar-refractivity contribution in [1.29, 1.82) is 0 Å². The Hall–Kier alpha value is -1.42. The van der Waals surface area contributed by atoms with E-state index in [1.165, 1.54) is 0 Å². The first-order valence-corrected chi connectivity index (χ1v) is 5.89. The second-order valence-corrected chi connectivity index (χ2v) is 4.09. The molecule has 0 aliphatic rings. The van der Waals surface area contributed by atoms with Gasteiger partial charge < -0.3 is 4.74 Å². The van der Waals surface area contributed by atoms with E-state index in [1.54, 1.807) is 6.20 Å². The number of pyridine rings is 1. The van der Waals surface area contributed by atoms with Crippen LogP contribution in [0.1, 0.15) is 26.0 Å². The van der Waals surface area contributed by atoms with Crippen LogP contribution in [0.3, 0.4) is 0 Å². The summed E-state index contributed by atoms with van der Waals surface area (Å²) >= 11 is 0. The molecular weight excluding hydrogens is 216 g/mol. The van der Waals surface area contributed by atoms with Crippen LogP contribution in [-0.4, -0.2) is 35.5 Å². The van der Waals surface area contributed by atoms with E-state index >= 15 is 0 Å². The number of aromatic nitrogens is 1. The van der Waals surface area contributed by atoms with Crippen molar-refractivity contribution in [3.63, 3.8) is 0 Å². The van der Waals surface area contributed by atoms with E-state index in [-0.39, 0.29) is 12.0 Å². The van der Waals surface area contributed by atoms with Crippen LogP contribution in [0.5, 0.6) is 0 Å². The topological polar surface area (TPSA) is 42.4 Å². The van der Waals surface area contributed by atoms with E-state index in [2.05, 4.69) is 9.88 Å². The molecule has 0 aliphatic carbocycles. The summed E-state index contributed by atoms with van der Waals surface area (Å²) in [6.07, 6.45) is 2.19. The molecule has 0 spiro atoms. The molecule has 94 valence electrons. The Labute approximate surface area is 103 Å². The minimum Gasteiger partial charge on any atom is -0.466 e. The van der Waals surface area contributed by atoms with Crippen LogP contribution >= 0.6 is 0 Å². The van der Waals surface area contributed by atoms with Gasteiger partial charge >= 0.3 is 5.97 Å². The Kier molecular flexibility index (Phi) is 5.63. The molecule has 1 atom stereocenters. The van der Waals surface area contributed by atoms with Gasteiger partial charge in [-0.1, -0.05) is 6.07 Å². The highest BCUT2D eigenvalue weighted by molar-refractivity contribution is 5.69. The maximum absolute atomic E-state index is 11.3. The molecule has 0 N–H and O–H groups in total. The fourth-order valence-electron chi connectivity index (χ4n) is 1.52. The second-order valence-electron chi connectivity index (χ2n) is 4.09. The number of nitrogens with zero attached hydrogens (tertiary/aromatic N) is 2. The van der Waals surface area contributed by atoms with Gasteiger partial charge in [-0.25, -0.2) is 0 Å². The number of ether oxygens (including phenoxy) is 1. The molecule has 1 unspecified atom stereocenters. The van der Waals surface area contributed by atoms with Crippen molar-refractivity contribution in [1.82, 2.24) is 9.88 Å². The molecule has 4 nitrogen and oxygen atoms in total. The summed E-state index contributed by atoms with van der Waals surface area (Å²) in [5, 5.41) is 0. The van der Waals surface area contributed by atoms with Crippen LogP contribution in [0.15, 0.2) is 24.4 Å². The number of hydrogen-bond donors (Lipinski definition) is 0. The summed E-state index contributed by atoms with van der Waals surface area (Å²) in [6.45, 7) is 5.01. The molecule has 0 amide bonds. The largest absolute Gasteiger partial charge is 0.466 e. The quantitative estimate of drug-likeness (QED) is 0.707. The highest BCUT2D eigenvalue weighted by Gasteiger charge is 2.14. The summed E-state index contributed by atoms with van der Waals surface area (Å²) in [4.78, 5) is 17.7. The molecule has 1 heterocycles. The molecular formula is C13H20N2O2. The number of carbonyl (C=O) groups excluding carboxylic acids is 1. The molecule has 17 heavy (non-hydrogen) atoms. The van der Waals surface area contributed by atoms with E-state index < -0.39 is 0 Å². The van der Waals surface area contributed by atoms with E-state index in [0.717, 1.165) is 12.2 Å². The fourth-order valence-corrected chi connectivity index (χ4v) is 1.52. The maximum atomic E-state index is 11.3.